The number of H-pyrrole nitrogens is 1. The van der Waals surface area contributed by atoms with Crippen LogP contribution in [0.4, 0.5) is 0 Å². The monoisotopic (exact) mass is 315 g/mol. The van der Waals surface area contributed by atoms with Crippen LogP contribution in [0.5, 0.6) is 5.75 Å². The van der Waals surface area contributed by atoms with Crippen molar-refractivity contribution in [2.24, 2.45) is 0 Å². The molecule has 22 heavy (non-hydrogen) atoms. The zero-order valence-electron chi connectivity index (χ0n) is 12.6. The van der Waals surface area contributed by atoms with Gasteiger partial charge in [0.15, 0.2) is 0 Å². The second-order valence-electron chi connectivity index (χ2n) is 5.39. The topological polar surface area (TPSA) is 41.1 Å². The minimum absolute atomic E-state index is 0.635. The number of nitrogens with zero attached hydrogens (tertiary/aromatic N) is 2. The van der Waals surface area contributed by atoms with Crippen LogP contribution in [0.15, 0.2) is 42.5 Å². The molecule has 3 aromatic rings. The van der Waals surface area contributed by atoms with Gasteiger partial charge in [0.2, 0.25) is 0 Å². The number of aromatic nitrogens is 2. The van der Waals surface area contributed by atoms with Crippen LogP contribution in [0.25, 0.3) is 22.4 Å². The molecule has 114 valence electrons. The molecule has 1 heterocycles. The molecule has 0 saturated carbocycles. The molecule has 0 fully saturated rings. The summed E-state index contributed by atoms with van der Waals surface area (Å²) >= 11 is 6.03. The molecule has 4 nitrogen and oxygen atoms in total. The van der Waals surface area contributed by atoms with E-state index >= 15 is 0 Å². The van der Waals surface area contributed by atoms with E-state index in [-0.39, 0.29) is 0 Å². The molecule has 0 aliphatic heterocycles. The first kappa shape index (κ1) is 14.9. The number of likely N-dealkylation sites (N-methyl/N-ethyl adjacent to an activating group) is 1. The Labute approximate surface area is 134 Å². The lowest BCUT2D eigenvalue weighted by molar-refractivity contribution is 0.262. The second kappa shape index (κ2) is 6.38. The molecule has 5 heteroatoms. The second-order valence-corrected chi connectivity index (χ2v) is 5.83. The molecular weight excluding hydrogens is 298 g/mol. The highest BCUT2D eigenvalue weighted by Crippen LogP contribution is 2.30. The molecule has 1 aromatic heterocycles. The minimum Gasteiger partial charge on any atom is -0.491 e. The molecule has 0 aliphatic carbocycles. The Morgan fingerprint density at radius 2 is 2.00 bits per heavy atom. The third kappa shape index (κ3) is 3.24. The summed E-state index contributed by atoms with van der Waals surface area (Å²) in [5, 5.41) is 0.693. The number of rotatable bonds is 5. The third-order valence-electron chi connectivity index (χ3n) is 3.38. The van der Waals surface area contributed by atoms with E-state index in [9.17, 15) is 0 Å². The number of aromatic amines is 1. The van der Waals surface area contributed by atoms with Gasteiger partial charge in [-0.05, 0) is 44.4 Å². The number of fused-ring (bicyclic) bond motifs is 1. The Balaban J connectivity index is 1.92. The van der Waals surface area contributed by atoms with Gasteiger partial charge in [-0.3, -0.25) is 0 Å². The quantitative estimate of drug-likeness (QED) is 0.778. The maximum atomic E-state index is 6.03. The number of para-hydroxylation sites is 1. The minimum atomic E-state index is 0.635. The fourth-order valence-electron chi connectivity index (χ4n) is 2.24. The number of hydrogen-bond acceptors (Lipinski definition) is 3. The van der Waals surface area contributed by atoms with Crippen molar-refractivity contribution in [2.75, 3.05) is 27.2 Å². The van der Waals surface area contributed by atoms with Crippen molar-refractivity contribution in [3.8, 4) is 17.1 Å². The van der Waals surface area contributed by atoms with E-state index in [1.165, 1.54) is 0 Å². The van der Waals surface area contributed by atoms with Crippen LogP contribution in [0.1, 0.15) is 0 Å². The zero-order valence-corrected chi connectivity index (χ0v) is 13.4. The zero-order chi connectivity index (χ0) is 15.5. The molecule has 0 aliphatic rings. The molecule has 0 atom stereocenters. The van der Waals surface area contributed by atoms with Crippen molar-refractivity contribution < 1.29 is 4.74 Å². The highest BCUT2D eigenvalue weighted by Gasteiger charge is 2.11. The van der Waals surface area contributed by atoms with Crippen LogP contribution in [0.3, 0.4) is 0 Å². The summed E-state index contributed by atoms with van der Waals surface area (Å²) in [6.45, 7) is 1.50. The van der Waals surface area contributed by atoms with Crippen LogP contribution >= 0.6 is 11.6 Å². The van der Waals surface area contributed by atoms with Gasteiger partial charge in [0.25, 0.3) is 0 Å². The van der Waals surface area contributed by atoms with Gasteiger partial charge in [-0.1, -0.05) is 23.7 Å². The van der Waals surface area contributed by atoms with Crippen molar-refractivity contribution in [2.45, 2.75) is 0 Å². The highest BCUT2D eigenvalue weighted by atomic mass is 35.5. The lowest BCUT2D eigenvalue weighted by Crippen LogP contribution is -2.19. The van der Waals surface area contributed by atoms with Gasteiger partial charge in [0, 0.05) is 11.6 Å². The van der Waals surface area contributed by atoms with E-state index < -0.39 is 0 Å². The van der Waals surface area contributed by atoms with Gasteiger partial charge >= 0.3 is 0 Å². The summed E-state index contributed by atoms with van der Waals surface area (Å²) in [5.74, 6) is 1.62. The van der Waals surface area contributed by atoms with Gasteiger partial charge in [-0.15, -0.1) is 0 Å². The highest BCUT2D eigenvalue weighted by molar-refractivity contribution is 6.31. The van der Waals surface area contributed by atoms with Crippen LogP contribution < -0.4 is 4.74 Å². The first-order valence-corrected chi connectivity index (χ1v) is 7.53. The average Bonchev–Trinajstić information content (AvgIpc) is 2.90. The van der Waals surface area contributed by atoms with E-state index in [0.29, 0.717) is 11.6 Å². The molecule has 2 aromatic carbocycles. The summed E-state index contributed by atoms with van der Waals surface area (Å²) in [6, 6.07) is 13.5. The summed E-state index contributed by atoms with van der Waals surface area (Å²) in [5.41, 5.74) is 2.77. The number of imidazole rings is 1. The number of hydrogen-bond donors (Lipinski definition) is 1. The maximum absolute atomic E-state index is 6.03. The standard InChI is InChI=1S/C17H18ClN3O/c1-21(2)9-10-22-16-6-4-3-5-13(16)17-19-14-8-7-12(18)11-15(14)20-17/h3-8,11H,9-10H2,1-2H3,(H,19,20). The Hall–Kier alpha value is -2.04. The summed E-state index contributed by atoms with van der Waals surface area (Å²) < 4.78 is 5.89. The third-order valence-corrected chi connectivity index (χ3v) is 3.62. The fraction of sp³-hybridized carbons (Fsp3) is 0.235. The van der Waals surface area contributed by atoms with Gasteiger partial charge in [0.1, 0.15) is 18.2 Å². The molecule has 0 radical (unpaired) electrons. The van der Waals surface area contributed by atoms with Crippen LogP contribution in [0, 0.1) is 0 Å². The van der Waals surface area contributed by atoms with Crippen LogP contribution in [-0.4, -0.2) is 42.1 Å². The summed E-state index contributed by atoms with van der Waals surface area (Å²) in [6.07, 6.45) is 0. The first-order valence-electron chi connectivity index (χ1n) is 7.16. The predicted octanol–water partition coefficient (Wildman–Crippen LogP) is 3.82. The van der Waals surface area contributed by atoms with Crippen molar-refractivity contribution in [1.29, 1.82) is 0 Å². The Bertz CT molecular complexity index is 782. The van der Waals surface area contributed by atoms with E-state index in [4.69, 9.17) is 16.3 Å². The molecule has 0 spiro atoms. The van der Waals surface area contributed by atoms with Crippen molar-refractivity contribution >= 4 is 22.6 Å². The SMILES string of the molecule is CN(C)CCOc1ccccc1-c1nc2ccc(Cl)cc2[nH]1. The van der Waals surface area contributed by atoms with Crippen molar-refractivity contribution in [3.05, 3.63) is 47.5 Å². The number of benzene rings is 2. The maximum Gasteiger partial charge on any atom is 0.142 e. The van der Waals surface area contributed by atoms with E-state index in [2.05, 4.69) is 14.9 Å². The lowest BCUT2D eigenvalue weighted by atomic mass is 10.2. The molecule has 0 amide bonds. The van der Waals surface area contributed by atoms with Gasteiger partial charge in [-0.2, -0.15) is 0 Å². The number of nitrogens with one attached hydrogen (secondary N) is 1. The van der Waals surface area contributed by atoms with Crippen molar-refractivity contribution in [1.82, 2.24) is 14.9 Å². The summed E-state index contributed by atoms with van der Waals surface area (Å²) in [4.78, 5) is 10.0. The fourth-order valence-corrected chi connectivity index (χ4v) is 2.41. The molecule has 3 rings (SSSR count). The molecule has 1 N–H and O–H groups in total. The Kier molecular flexibility index (Phi) is 4.32. The van der Waals surface area contributed by atoms with E-state index in [1.54, 1.807) is 0 Å². The predicted molar refractivity (Wildman–Crippen MR) is 90.6 cm³/mol. The average molecular weight is 316 g/mol. The smallest absolute Gasteiger partial charge is 0.142 e. The molecule has 0 saturated heterocycles. The van der Waals surface area contributed by atoms with Crippen LogP contribution in [0.2, 0.25) is 5.02 Å². The number of halogens is 1. The van der Waals surface area contributed by atoms with Gasteiger partial charge in [0.05, 0.1) is 16.6 Å². The van der Waals surface area contributed by atoms with E-state index in [0.717, 1.165) is 34.7 Å². The molecule has 0 bridgehead atoms. The Morgan fingerprint density at radius 3 is 2.82 bits per heavy atom. The van der Waals surface area contributed by atoms with Gasteiger partial charge < -0.3 is 14.6 Å². The van der Waals surface area contributed by atoms with Crippen LogP contribution in [-0.2, 0) is 0 Å². The van der Waals surface area contributed by atoms with Gasteiger partial charge in [-0.25, -0.2) is 4.98 Å². The Morgan fingerprint density at radius 1 is 1.18 bits per heavy atom. The normalized spacial score (nSPS) is 11.3. The largest absolute Gasteiger partial charge is 0.491 e. The summed E-state index contributed by atoms with van der Waals surface area (Å²) in [7, 11) is 4.05. The molecular formula is C17H18ClN3O. The van der Waals surface area contributed by atoms with E-state index in [1.807, 2.05) is 56.6 Å². The first-order chi connectivity index (χ1) is 10.6. The lowest BCUT2D eigenvalue weighted by Gasteiger charge is -2.13. The molecule has 0 unspecified atom stereocenters. The number of ether oxygens (including phenoxy) is 1. The van der Waals surface area contributed by atoms with Crippen molar-refractivity contribution in [3.63, 3.8) is 0 Å².